The summed E-state index contributed by atoms with van der Waals surface area (Å²) in [4.78, 5) is 32.0. The summed E-state index contributed by atoms with van der Waals surface area (Å²) in [6.07, 6.45) is 5.31. The monoisotopic (exact) mass is 533 g/mol. The number of ether oxygens (including phenoxy) is 1. The fourth-order valence-electron chi connectivity index (χ4n) is 6.11. The van der Waals surface area contributed by atoms with Gasteiger partial charge in [-0.05, 0) is 74.8 Å². The molecule has 6 rings (SSSR count). The third-order valence-corrected chi connectivity index (χ3v) is 9.15. The Morgan fingerprint density at radius 3 is 2.71 bits per heavy atom. The fraction of sp³-hybridized carbons (Fsp3) is 0.433. The van der Waals surface area contributed by atoms with Gasteiger partial charge in [0.25, 0.3) is 5.91 Å². The van der Waals surface area contributed by atoms with Gasteiger partial charge in [0.2, 0.25) is 0 Å². The van der Waals surface area contributed by atoms with Crippen LogP contribution in [0.25, 0.3) is 10.4 Å². The van der Waals surface area contributed by atoms with E-state index in [1.807, 2.05) is 6.92 Å². The van der Waals surface area contributed by atoms with Crippen molar-refractivity contribution in [3.63, 3.8) is 0 Å². The molecule has 0 bridgehead atoms. The molecule has 0 unspecified atom stereocenters. The van der Waals surface area contributed by atoms with Gasteiger partial charge in [-0.3, -0.25) is 4.79 Å². The number of thiazole rings is 1. The molecule has 0 spiro atoms. The van der Waals surface area contributed by atoms with Gasteiger partial charge in [-0.25, -0.2) is 9.78 Å². The zero-order chi connectivity index (χ0) is 27.0. The number of fused-ring (bicyclic) bond motifs is 2. The number of amides is 1. The van der Waals surface area contributed by atoms with Gasteiger partial charge in [-0.15, -0.1) is 11.3 Å². The van der Waals surface area contributed by atoms with E-state index in [1.54, 1.807) is 29.5 Å². The van der Waals surface area contributed by atoms with Crippen molar-refractivity contribution in [1.82, 2.24) is 9.88 Å². The van der Waals surface area contributed by atoms with Crippen LogP contribution in [0.5, 0.6) is 5.75 Å². The molecule has 1 aliphatic carbocycles. The Morgan fingerprint density at radius 2 is 1.97 bits per heavy atom. The first kappa shape index (κ1) is 26.4. The first-order valence-electron chi connectivity index (χ1n) is 13.3. The Morgan fingerprint density at radius 1 is 1.16 bits per heavy atom. The molecular weight excluding hydrogens is 498 g/mol. The molecule has 1 aromatic heterocycles. The zero-order valence-electron chi connectivity index (χ0n) is 22.2. The van der Waals surface area contributed by atoms with Crippen molar-refractivity contribution in [2.75, 3.05) is 13.2 Å². The summed E-state index contributed by atoms with van der Waals surface area (Å²) in [6, 6.07) is 12.0. The number of benzene rings is 2. The highest BCUT2D eigenvalue weighted by atomic mass is 32.1. The average Bonchev–Trinajstić information content (AvgIpc) is 3.68. The largest absolute Gasteiger partial charge is 0.493 e. The molecule has 3 atom stereocenters. The molecule has 8 heteroatoms. The van der Waals surface area contributed by atoms with Crippen LogP contribution in [-0.4, -0.2) is 52.1 Å². The minimum Gasteiger partial charge on any atom is -0.493 e. The highest BCUT2D eigenvalue weighted by Gasteiger charge is 2.46. The molecule has 2 aliphatic heterocycles. The van der Waals surface area contributed by atoms with Crippen LogP contribution < -0.4 is 10.5 Å². The van der Waals surface area contributed by atoms with Crippen molar-refractivity contribution in [3.05, 3.63) is 69.4 Å². The Balaban J connectivity index is 0.000000204. The number of carboxylic acid groups (broad SMARTS) is 1. The van der Waals surface area contributed by atoms with Crippen LogP contribution in [0.2, 0.25) is 0 Å². The van der Waals surface area contributed by atoms with Crippen LogP contribution in [0.1, 0.15) is 68.2 Å². The summed E-state index contributed by atoms with van der Waals surface area (Å²) in [5, 5.41) is 9.73. The topological polar surface area (TPSA) is 106 Å². The van der Waals surface area contributed by atoms with Gasteiger partial charge in [0.1, 0.15) is 11.4 Å². The van der Waals surface area contributed by atoms with Crippen LogP contribution in [0, 0.1) is 26.7 Å². The molecule has 1 saturated heterocycles. The van der Waals surface area contributed by atoms with Gasteiger partial charge >= 0.3 is 5.97 Å². The number of aromatic nitrogens is 1. The minimum absolute atomic E-state index is 0.0763. The second-order valence-corrected chi connectivity index (χ2v) is 11.7. The minimum atomic E-state index is -0.877. The summed E-state index contributed by atoms with van der Waals surface area (Å²) < 4.78 is 5.23. The molecule has 200 valence electrons. The van der Waals surface area contributed by atoms with Gasteiger partial charge in [-0.1, -0.05) is 30.7 Å². The van der Waals surface area contributed by atoms with E-state index < -0.39 is 5.97 Å². The third-order valence-electron chi connectivity index (χ3n) is 8.13. The zero-order valence-corrected chi connectivity index (χ0v) is 23.0. The van der Waals surface area contributed by atoms with Crippen LogP contribution >= 0.6 is 11.3 Å². The Bertz CT molecular complexity index is 1370. The molecule has 1 amide bonds. The first-order chi connectivity index (χ1) is 18.3. The quantitative estimate of drug-likeness (QED) is 0.465. The maximum Gasteiger partial charge on any atom is 0.336 e. The molecule has 38 heavy (non-hydrogen) atoms. The van der Waals surface area contributed by atoms with E-state index in [9.17, 15) is 9.59 Å². The lowest BCUT2D eigenvalue weighted by molar-refractivity contribution is 0.0658. The number of hydrogen-bond donors (Lipinski definition) is 2. The number of carbonyl (C=O) groups excluding carboxylic acids is 1. The number of likely N-dealkylation sites (tertiary alicyclic amines) is 1. The predicted octanol–water partition coefficient (Wildman–Crippen LogP) is 5.40. The third kappa shape index (κ3) is 4.95. The lowest BCUT2D eigenvalue weighted by Gasteiger charge is -2.29. The second kappa shape index (κ2) is 10.9. The van der Waals surface area contributed by atoms with E-state index in [2.05, 4.69) is 41.9 Å². The first-order valence-corrected chi connectivity index (χ1v) is 14.2. The molecule has 2 fully saturated rings. The normalized spacial score (nSPS) is 21.4. The maximum absolute atomic E-state index is 13.5. The number of aromatic carboxylic acids is 1. The lowest BCUT2D eigenvalue weighted by Crippen LogP contribution is -2.44. The van der Waals surface area contributed by atoms with E-state index in [0.29, 0.717) is 42.8 Å². The number of nitrogens with two attached hydrogens (primary N) is 1. The predicted molar refractivity (Wildman–Crippen MR) is 149 cm³/mol. The molecule has 3 aromatic rings. The van der Waals surface area contributed by atoms with E-state index in [4.69, 9.17) is 15.6 Å². The van der Waals surface area contributed by atoms with Gasteiger partial charge < -0.3 is 20.5 Å². The number of carboxylic acids is 1. The number of hydrogen-bond acceptors (Lipinski definition) is 6. The number of rotatable bonds is 4. The number of nitrogens with zero attached hydrogens (tertiary/aromatic N) is 2. The van der Waals surface area contributed by atoms with Crippen LogP contribution in [-0.2, 0) is 6.42 Å². The van der Waals surface area contributed by atoms with Crippen molar-refractivity contribution in [1.29, 1.82) is 0 Å². The Labute approximate surface area is 227 Å². The van der Waals surface area contributed by atoms with Crippen molar-refractivity contribution in [2.24, 2.45) is 11.7 Å². The Kier molecular flexibility index (Phi) is 7.54. The number of aryl methyl sites for hydroxylation is 3. The smallest absolute Gasteiger partial charge is 0.336 e. The number of carbonyl (C=O) groups is 2. The average molecular weight is 534 g/mol. The maximum atomic E-state index is 13.5. The van der Waals surface area contributed by atoms with Gasteiger partial charge in [0.05, 0.1) is 22.1 Å². The summed E-state index contributed by atoms with van der Waals surface area (Å²) >= 11 is 1.61. The highest BCUT2D eigenvalue weighted by molar-refractivity contribution is 7.15. The molecule has 3 heterocycles. The van der Waals surface area contributed by atoms with Crippen molar-refractivity contribution < 1.29 is 19.4 Å². The van der Waals surface area contributed by atoms with Crippen LogP contribution in [0.4, 0.5) is 0 Å². The lowest BCUT2D eigenvalue weighted by atomic mass is 10.0. The molecule has 1 saturated carbocycles. The molecule has 2 aromatic carbocycles. The molecular formula is C30H35N3O4S. The van der Waals surface area contributed by atoms with E-state index in [0.717, 1.165) is 39.6 Å². The van der Waals surface area contributed by atoms with Crippen LogP contribution in [0.3, 0.4) is 0 Å². The molecule has 3 N–H and O–H groups in total. The van der Waals surface area contributed by atoms with E-state index in [-0.39, 0.29) is 11.9 Å². The van der Waals surface area contributed by atoms with E-state index in [1.165, 1.54) is 24.0 Å². The molecule has 0 radical (unpaired) electrons. The van der Waals surface area contributed by atoms with Crippen molar-refractivity contribution >= 4 is 23.2 Å². The SMILES string of the molecule is Cc1nc(C(=O)N2[C@H](CN)C[C@@H]3CCC[C@@H]32)c(-c2ccc(C)c(C)c2)s1.O=C(O)c1cccc2c1CCO2. The second-order valence-electron chi connectivity index (χ2n) is 10.5. The van der Waals surface area contributed by atoms with Gasteiger partial charge in [0, 0.05) is 30.6 Å². The summed E-state index contributed by atoms with van der Waals surface area (Å²) in [6.45, 7) is 7.34. The summed E-state index contributed by atoms with van der Waals surface area (Å²) in [5.41, 5.74) is 11.4. The van der Waals surface area contributed by atoms with E-state index >= 15 is 0 Å². The van der Waals surface area contributed by atoms with Gasteiger partial charge in [0.15, 0.2) is 0 Å². The van der Waals surface area contributed by atoms with Crippen molar-refractivity contribution in [3.8, 4) is 16.2 Å². The standard InChI is InChI=1S/C21H27N3OS.C9H8O3/c1-12-7-8-16(9-13(12)2)20-19(23-14(3)26-20)21(25)24-17(11-22)10-15-5-4-6-18(15)24;10-9(11)7-2-1-3-8-6(7)4-5-12-8/h7-9,15,17-18H,4-6,10-11,22H2,1-3H3;1-3H,4-5H2,(H,10,11)/t15-,17-,18-;/m0./s1. The van der Waals surface area contributed by atoms with Crippen molar-refractivity contribution in [2.45, 2.75) is 65.0 Å². The summed E-state index contributed by atoms with van der Waals surface area (Å²) in [7, 11) is 0. The van der Waals surface area contributed by atoms with Gasteiger partial charge in [-0.2, -0.15) is 0 Å². The fourth-order valence-corrected chi connectivity index (χ4v) is 7.02. The highest BCUT2D eigenvalue weighted by Crippen LogP contribution is 2.43. The Hall–Kier alpha value is -3.23. The molecule has 7 nitrogen and oxygen atoms in total. The molecule has 3 aliphatic rings. The summed E-state index contributed by atoms with van der Waals surface area (Å²) in [5.74, 6) is 0.539. The van der Waals surface area contributed by atoms with Crippen LogP contribution in [0.15, 0.2) is 36.4 Å².